The second-order valence-electron chi connectivity index (χ2n) is 6.22. The number of nitrogens with zero attached hydrogens (tertiary/aromatic N) is 2. The Labute approximate surface area is 158 Å². The van der Waals surface area contributed by atoms with E-state index in [1.807, 2.05) is 56.3 Å². The van der Waals surface area contributed by atoms with Gasteiger partial charge in [0.1, 0.15) is 5.75 Å². The number of aromatic nitrogens is 2. The lowest BCUT2D eigenvalue weighted by Gasteiger charge is -2.11. The summed E-state index contributed by atoms with van der Waals surface area (Å²) in [6, 6.07) is 13.6. The Balaban J connectivity index is 1.61. The molecule has 0 fully saturated rings. The SMILES string of the molecule is COc1ccc(CNC(=O)c2cnc(Nc3c(C)cccc3C)nc2)cc1. The third-order valence-electron chi connectivity index (χ3n) is 4.24. The molecule has 3 rings (SSSR count). The Kier molecular flexibility index (Phi) is 5.66. The summed E-state index contributed by atoms with van der Waals surface area (Å²) in [5.41, 5.74) is 4.60. The van der Waals surface area contributed by atoms with E-state index in [1.54, 1.807) is 7.11 Å². The zero-order valence-corrected chi connectivity index (χ0v) is 15.6. The number of methoxy groups -OCH3 is 1. The highest BCUT2D eigenvalue weighted by molar-refractivity contribution is 5.93. The number of nitrogens with one attached hydrogen (secondary N) is 2. The molecule has 0 aliphatic carbocycles. The molecule has 3 aromatic rings. The van der Waals surface area contributed by atoms with Crippen molar-refractivity contribution in [1.82, 2.24) is 15.3 Å². The molecule has 0 bridgehead atoms. The van der Waals surface area contributed by atoms with Gasteiger partial charge >= 0.3 is 0 Å². The van der Waals surface area contributed by atoms with Crippen LogP contribution in [0.3, 0.4) is 0 Å². The molecule has 0 aliphatic heterocycles. The van der Waals surface area contributed by atoms with Gasteiger partial charge in [-0.15, -0.1) is 0 Å². The average molecular weight is 362 g/mol. The second-order valence-corrected chi connectivity index (χ2v) is 6.22. The van der Waals surface area contributed by atoms with Crippen LogP contribution in [0.2, 0.25) is 0 Å². The van der Waals surface area contributed by atoms with Crippen LogP contribution in [-0.4, -0.2) is 23.0 Å². The summed E-state index contributed by atoms with van der Waals surface area (Å²) >= 11 is 0. The van der Waals surface area contributed by atoms with Crippen molar-refractivity contribution in [2.75, 3.05) is 12.4 Å². The van der Waals surface area contributed by atoms with Crippen molar-refractivity contribution in [3.8, 4) is 5.75 Å². The fourth-order valence-electron chi connectivity index (χ4n) is 2.66. The molecule has 0 atom stereocenters. The van der Waals surface area contributed by atoms with Gasteiger partial charge in [-0.25, -0.2) is 9.97 Å². The minimum absolute atomic E-state index is 0.218. The summed E-state index contributed by atoms with van der Waals surface area (Å²) in [4.78, 5) is 20.8. The smallest absolute Gasteiger partial charge is 0.254 e. The molecule has 1 aromatic heterocycles. The van der Waals surface area contributed by atoms with E-state index in [-0.39, 0.29) is 5.91 Å². The van der Waals surface area contributed by atoms with E-state index in [4.69, 9.17) is 4.74 Å². The summed E-state index contributed by atoms with van der Waals surface area (Å²) in [6.07, 6.45) is 3.04. The number of anilines is 2. The molecule has 2 N–H and O–H groups in total. The number of hydrogen-bond donors (Lipinski definition) is 2. The molecule has 27 heavy (non-hydrogen) atoms. The van der Waals surface area contributed by atoms with E-state index in [0.717, 1.165) is 28.1 Å². The van der Waals surface area contributed by atoms with Crippen LogP contribution < -0.4 is 15.4 Å². The molecule has 6 nitrogen and oxygen atoms in total. The zero-order valence-electron chi connectivity index (χ0n) is 15.6. The lowest BCUT2D eigenvalue weighted by molar-refractivity contribution is 0.0950. The number of para-hydroxylation sites is 1. The standard InChI is InChI=1S/C21H22N4O2/c1-14-5-4-6-15(2)19(14)25-21-23-12-17(13-24-21)20(26)22-11-16-7-9-18(27-3)10-8-16/h4-10,12-13H,11H2,1-3H3,(H,22,26)(H,23,24,25). The maximum atomic E-state index is 12.3. The molecule has 0 aliphatic rings. The van der Waals surface area contributed by atoms with Crippen LogP contribution in [0, 0.1) is 13.8 Å². The van der Waals surface area contributed by atoms with E-state index >= 15 is 0 Å². The first-order chi connectivity index (χ1) is 13.1. The number of ether oxygens (including phenoxy) is 1. The molecule has 0 spiro atoms. The molecule has 2 aromatic carbocycles. The zero-order chi connectivity index (χ0) is 19.2. The van der Waals surface area contributed by atoms with Gasteiger partial charge in [0.15, 0.2) is 0 Å². The minimum Gasteiger partial charge on any atom is -0.497 e. The second kappa shape index (κ2) is 8.31. The van der Waals surface area contributed by atoms with Gasteiger partial charge in [0.2, 0.25) is 5.95 Å². The van der Waals surface area contributed by atoms with Crippen LogP contribution in [0.5, 0.6) is 5.75 Å². The fourth-order valence-corrected chi connectivity index (χ4v) is 2.66. The highest BCUT2D eigenvalue weighted by Crippen LogP contribution is 2.22. The van der Waals surface area contributed by atoms with Crippen molar-refractivity contribution in [2.24, 2.45) is 0 Å². The van der Waals surface area contributed by atoms with Crippen molar-refractivity contribution in [3.05, 3.63) is 77.1 Å². The lowest BCUT2D eigenvalue weighted by atomic mass is 10.1. The third-order valence-corrected chi connectivity index (χ3v) is 4.24. The van der Waals surface area contributed by atoms with Gasteiger partial charge in [-0.3, -0.25) is 4.79 Å². The number of amides is 1. The quantitative estimate of drug-likeness (QED) is 0.698. The predicted molar refractivity (Wildman–Crippen MR) is 105 cm³/mol. The van der Waals surface area contributed by atoms with Crippen LogP contribution in [-0.2, 0) is 6.54 Å². The van der Waals surface area contributed by atoms with Crippen molar-refractivity contribution < 1.29 is 9.53 Å². The van der Waals surface area contributed by atoms with E-state index in [2.05, 4.69) is 20.6 Å². The molecule has 1 heterocycles. The maximum absolute atomic E-state index is 12.3. The van der Waals surface area contributed by atoms with Crippen LogP contribution in [0.4, 0.5) is 11.6 Å². The van der Waals surface area contributed by atoms with Gasteiger partial charge in [0.25, 0.3) is 5.91 Å². The normalized spacial score (nSPS) is 10.3. The Hall–Kier alpha value is -3.41. The van der Waals surface area contributed by atoms with Gasteiger partial charge in [-0.1, -0.05) is 30.3 Å². The lowest BCUT2D eigenvalue weighted by Crippen LogP contribution is -2.23. The maximum Gasteiger partial charge on any atom is 0.254 e. The first kappa shape index (κ1) is 18.4. The molecule has 0 saturated heterocycles. The topological polar surface area (TPSA) is 76.1 Å². The molecule has 0 saturated carbocycles. The Morgan fingerprint density at radius 3 is 2.22 bits per heavy atom. The molecule has 0 radical (unpaired) electrons. The summed E-state index contributed by atoms with van der Waals surface area (Å²) in [7, 11) is 1.62. The van der Waals surface area contributed by atoms with E-state index in [0.29, 0.717) is 18.1 Å². The van der Waals surface area contributed by atoms with Crippen LogP contribution in [0.1, 0.15) is 27.0 Å². The monoisotopic (exact) mass is 362 g/mol. The molecule has 0 unspecified atom stereocenters. The van der Waals surface area contributed by atoms with E-state index in [9.17, 15) is 4.79 Å². The van der Waals surface area contributed by atoms with Gasteiger partial charge in [-0.2, -0.15) is 0 Å². The average Bonchev–Trinajstić information content (AvgIpc) is 2.70. The summed E-state index contributed by atoms with van der Waals surface area (Å²) in [5.74, 6) is 1.02. The van der Waals surface area contributed by atoms with Crippen molar-refractivity contribution >= 4 is 17.5 Å². The number of hydrogen-bond acceptors (Lipinski definition) is 5. The van der Waals surface area contributed by atoms with Crippen molar-refractivity contribution in [1.29, 1.82) is 0 Å². The Morgan fingerprint density at radius 2 is 1.63 bits per heavy atom. The number of rotatable bonds is 6. The number of benzene rings is 2. The number of carbonyl (C=O) groups excluding carboxylic acids is 1. The van der Waals surface area contributed by atoms with Crippen molar-refractivity contribution in [3.63, 3.8) is 0 Å². The largest absolute Gasteiger partial charge is 0.497 e. The molecule has 138 valence electrons. The highest BCUT2D eigenvalue weighted by atomic mass is 16.5. The molecular formula is C21H22N4O2. The van der Waals surface area contributed by atoms with E-state index in [1.165, 1.54) is 12.4 Å². The van der Waals surface area contributed by atoms with E-state index < -0.39 is 0 Å². The summed E-state index contributed by atoms with van der Waals surface area (Å²) in [6.45, 7) is 4.47. The predicted octanol–water partition coefficient (Wildman–Crippen LogP) is 3.78. The van der Waals surface area contributed by atoms with Gasteiger partial charge < -0.3 is 15.4 Å². The van der Waals surface area contributed by atoms with Gasteiger partial charge in [0, 0.05) is 24.6 Å². The number of aryl methyl sites for hydroxylation is 2. The summed E-state index contributed by atoms with van der Waals surface area (Å²) in [5, 5.41) is 6.07. The highest BCUT2D eigenvalue weighted by Gasteiger charge is 2.09. The number of carbonyl (C=O) groups is 1. The molecular weight excluding hydrogens is 340 g/mol. The van der Waals surface area contributed by atoms with Crippen molar-refractivity contribution in [2.45, 2.75) is 20.4 Å². The Morgan fingerprint density at radius 1 is 1.00 bits per heavy atom. The summed E-state index contributed by atoms with van der Waals surface area (Å²) < 4.78 is 5.12. The van der Waals surface area contributed by atoms with Crippen LogP contribution in [0.15, 0.2) is 54.9 Å². The van der Waals surface area contributed by atoms with Gasteiger partial charge in [0.05, 0.1) is 12.7 Å². The molecule has 1 amide bonds. The first-order valence-electron chi connectivity index (χ1n) is 8.63. The molecule has 6 heteroatoms. The van der Waals surface area contributed by atoms with Gasteiger partial charge in [-0.05, 0) is 42.7 Å². The Bertz CT molecular complexity index is 902. The van der Waals surface area contributed by atoms with Crippen LogP contribution >= 0.6 is 0 Å². The fraction of sp³-hybridized carbons (Fsp3) is 0.190. The van der Waals surface area contributed by atoms with Crippen LogP contribution in [0.25, 0.3) is 0 Å². The minimum atomic E-state index is -0.218. The third kappa shape index (κ3) is 4.61. The first-order valence-corrected chi connectivity index (χ1v) is 8.63.